The van der Waals surface area contributed by atoms with Crippen LogP contribution in [0.4, 0.5) is 4.39 Å². The van der Waals surface area contributed by atoms with E-state index in [1.807, 2.05) is 6.07 Å². The molecule has 0 radical (unpaired) electrons. The lowest BCUT2D eigenvalue weighted by Crippen LogP contribution is -1.98. The number of nitrogens with zero attached hydrogens (tertiary/aromatic N) is 1. The summed E-state index contributed by atoms with van der Waals surface area (Å²) in [4.78, 5) is 0. The molecule has 14 heavy (non-hydrogen) atoms. The van der Waals surface area contributed by atoms with Crippen molar-refractivity contribution in [2.24, 2.45) is 0 Å². The fraction of sp³-hybridized carbons (Fsp3) is 0.300. The van der Waals surface area contributed by atoms with Crippen molar-refractivity contribution in [3.8, 4) is 17.6 Å². The van der Waals surface area contributed by atoms with Gasteiger partial charge in [0, 0.05) is 6.42 Å². The zero-order chi connectivity index (χ0) is 9.97. The van der Waals surface area contributed by atoms with Crippen LogP contribution in [0, 0.1) is 17.1 Å². The van der Waals surface area contributed by atoms with E-state index in [1.165, 1.54) is 12.1 Å². The third kappa shape index (κ3) is 1.37. The first-order valence-electron chi connectivity index (χ1n) is 4.31. The molecule has 0 bridgehead atoms. The van der Waals surface area contributed by atoms with Crippen molar-refractivity contribution in [3.05, 3.63) is 23.5 Å². The second-order valence-electron chi connectivity index (χ2n) is 2.92. The summed E-state index contributed by atoms with van der Waals surface area (Å²) in [5, 5.41) is 8.77. The van der Waals surface area contributed by atoms with E-state index < -0.39 is 5.82 Å². The van der Waals surface area contributed by atoms with Gasteiger partial charge >= 0.3 is 0 Å². The van der Waals surface area contributed by atoms with Gasteiger partial charge in [0.25, 0.3) is 0 Å². The van der Waals surface area contributed by atoms with E-state index >= 15 is 0 Å². The van der Waals surface area contributed by atoms with Gasteiger partial charge < -0.3 is 9.47 Å². The molecule has 2 rings (SSSR count). The molecule has 0 atom stereocenters. The van der Waals surface area contributed by atoms with E-state index in [-0.39, 0.29) is 11.5 Å². The van der Waals surface area contributed by atoms with Gasteiger partial charge in [-0.15, -0.1) is 0 Å². The molecular formula is C10H8FNO2. The number of nitriles is 1. The van der Waals surface area contributed by atoms with Gasteiger partial charge in [0.05, 0.1) is 18.8 Å². The molecule has 0 amide bonds. The van der Waals surface area contributed by atoms with E-state index in [2.05, 4.69) is 0 Å². The van der Waals surface area contributed by atoms with E-state index in [0.717, 1.165) is 0 Å². The first kappa shape index (κ1) is 8.82. The molecule has 0 spiro atoms. The molecule has 1 aliphatic rings. The Morgan fingerprint density at radius 3 is 2.64 bits per heavy atom. The predicted octanol–water partition coefficient (Wildman–Crippen LogP) is 1.86. The third-order valence-corrected chi connectivity index (χ3v) is 1.97. The Bertz CT molecular complexity index is 398. The summed E-state index contributed by atoms with van der Waals surface area (Å²) < 4.78 is 23.7. The highest BCUT2D eigenvalue weighted by Gasteiger charge is 2.18. The Kier molecular flexibility index (Phi) is 2.23. The van der Waals surface area contributed by atoms with Gasteiger partial charge in [-0.3, -0.25) is 0 Å². The van der Waals surface area contributed by atoms with Crippen molar-refractivity contribution in [2.45, 2.75) is 6.42 Å². The van der Waals surface area contributed by atoms with Gasteiger partial charge in [-0.1, -0.05) is 0 Å². The molecule has 0 N–H and O–H groups in total. The van der Waals surface area contributed by atoms with E-state index in [4.69, 9.17) is 14.7 Å². The maximum Gasteiger partial charge on any atom is 0.198 e. The topological polar surface area (TPSA) is 42.2 Å². The van der Waals surface area contributed by atoms with Gasteiger partial charge in [-0.2, -0.15) is 5.26 Å². The monoisotopic (exact) mass is 193 g/mol. The minimum atomic E-state index is -0.485. The summed E-state index contributed by atoms with van der Waals surface area (Å²) in [5.41, 5.74) is 0.309. The SMILES string of the molecule is N#Cc1ccc(F)c2c1OCCCO2. The molecule has 0 aromatic heterocycles. The molecule has 0 saturated heterocycles. The lowest BCUT2D eigenvalue weighted by atomic mass is 10.2. The van der Waals surface area contributed by atoms with Crippen LogP contribution in [0.3, 0.4) is 0 Å². The highest BCUT2D eigenvalue weighted by molar-refractivity contribution is 5.53. The average molecular weight is 193 g/mol. The van der Waals surface area contributed by atoms with E-state index in [0.29, 0.717) is 25.2 Å². The number of hydrogen-bond acceptors (Lipinski definition) is 3. The van der Waals surface area contributed by atoms with Crippen LogP contribution in [0.15, 0.2) is 12.1 Å². The Morgan fingerprint density at radius 2 is 1.93 bits per heavy atom. The fourth-order valence-corrected chi connectivity index (χ4v) is 1.31. The van der Waals surface area contributed by atoms with Crippen LogP contribution in [0.1, 0.15) is 12.0 Å². The zero-order valence-electron chi connectivity index (χ0n) is 7.42. The van der Waals surface area contributed by atoms with Crippen molar-refractivity contribution in [2.75, 3.05) is 13.2 Å². The summed E-state index contributed by atoms with van der Waals surface area (Å²) >= 11 is 0. The molecule has 4 heteroatoms. The number of rotatable bonds is 0. The largest absolute Gasteiger partial charge is 0.488 e. The van der Waals surface area contributed by atoms with E-state index in [9.17, 15) is 4.39 Å². The molecule has 0 unspecified atom stereocenters. The van der Waals surface area contributed by atoms with Crippen molar-refractivity contribution >= 4 is 0 Å². The molecule has 1 heterocycles. The molecule has 1 aromatic carbocycles. The van der Waals surface area contributed by atoms with Crippen LogP contribution in [0.2, 0.25) is 0 Å². The predicted molar refractivity (Wildman–Crippen MR) is 46.7 cm³/mol. The minimum Gasteiger partial charge on any atom is -0.488 e. The van der Waals surface area contributed by atoms with Crippen molar-refractivity contribution < 1.29 is 13.9 Å². The van der Waals surface area contributed by atoms with Crippen LogP contribution in [0.25, 0.3) is 0 Å². The molecule has 0 fully saturated rings. The highest BCUT2D eigenvalue weighted by atomic mass is 19.1. The van der Waals surface area contributed by atoms with Gasteiger partial charge in [-0.25, -0.2) is 4.39 Å². The number of ether oxygens (including phenoxy) is 2. The van der Waals surface area contributed by atoms with Gasteiger partial charge in [-0.05, 0) is 12.1 Å². The third-order valence-electron chi connectivity index (χ3n) is 1.97. The van der Waals surface area contributed by atoms with Crippen LogP contribution in [-0.4, -0.2) is 13.2 Å². The van der Waals surface area contributed by atoms with Crippen molar-refractivity contribution in [1.29, 1.82) is 5.26 Å². The fourth-order valence-electron chi connectivity index (χ4n) is 1.31. The molecule has 0 saturated carbocycles. The Morgan fingerprint density at radius 1 is 1.21 bits per heavy atom. The Labute approximate surface area is 80.7 Å². The van der Waals surface area contributed by atoms with Crippen LogP contribution >= 0.6 is 0 Å². The van der Waals surface area contributed by atoms with Crippen LogP contribution in [-0.2, 0) is 0 Å². The number of halogens is 1. The maximum absolute atomic E-state index is 13.3. The summed E-state index contributed by atoms with van der Waals surface area (Å²) in [7, 11) is 0. The molecule has 3 nitrogen and oxygen atoms in total. The minimum absolute atomic E-state index is 0.0570. The zero-order valence-corrected chi connectivity index (χ0v) is 7.42. The van der Waals surface area contributed by atoms with Crippen molar-refractivity contribution in [1.82, 2.24) is 0 Å². The van der Waals surface area contributed by atoms with Gasteiger partial charge in [0.1, 0.15) is 6.07 Å². The van der Waals surface area contributed by atoms with Crippen LogP contribution in [0.5, 0.6) is 11.5 Å². The molecule has 0 aliphatic carbocycles. The quantitative estimate of drug-likeness (QED) is 0.631. The van der Waals surface area contributed by atoms with Crippen LogP contribution < -0.4 is 9.47 Å². The first-order valence-corrected chi connectivity index (χ1v) is 4.31. The second-order valence-corrected chi connectivity index (χ2v) is 2.92. The van der Waals surface area contributed by atoms with Gasteiger partial charge in [0.15, 0.2) is 17.3 Å². The Hall–Kier alpha value is -1.76. The van der Waals surface area contributed by atoms with Crippen molar-refractivity contribution in [3.63, 3.8) is 0 Å². The summed E-state index contributed by atoms with van der Waals surface area (Å²) in [5.74, 6) is -0.201. The molecule has 72 valence electrons. The second kappa shape index (κ2) is 3.54. The molecule has 1 aromatic rings. The Balaban J connectivity index is 2.56. The number of hydrogen-bond donors (Lipinski definition) is 0. The average Bonchev–Trinajstić information content (AvgIpc) is 2.44. The summed E-state index contributed by atoms with van der Waals surface area (Å²) in [6.07, 6.45) is 0.693. The number of fused-ring (bicyclic) bond motifs is 1. The maximum atomic E-state index is 13.3. The highest BCUT2D eigenvalue weighted by Crippen LogP contribution is 2.35. The first-order chi connectivity index (χ1) is 6.83. The van der Waals surface area contributed by atoms with Gasteiger partial charge in [0.2, 0.25) is 0 Å². The van der Waals surface area contributed by atoms with E-state index in [1.54, 1.807) is 0 Å². The number of benzene rings is 1. The lowest BCUT2D eigenvalue weighted by molar-refractivity contribution is 0.292. The molecule has 1 aliphatic heterocycles. The summed E-state index contributed by atoms with van der Waals surface area (Å²) in [6, 6.07) is 4.54. The molecular weight excluding hydrogens is 185 g/mol. The summed E-state index contributed by atoms with van der Waals surface area (Å²) in [6.45, 7) is 0.865. The lowest BCUT2D eigenvalue weighted by Gasteiger charge is -2.08. The smallest absolute Gasteiger partial charge is 0.198 e. The standard InChI is InChI=1S/C10H8FNO2/c11-8-3-2-7(6-12)9-10(8)14-5-1-4-13-9/h2-3H,1,4-5H2. The normalized spacial score (nSPS) is 14.3.